The fraction of sp³-hybridized carbons (Fsp3) is 0.0526. The average molecular weight is 390 g/mol. The number of nitrogens with one attached hydrogen (secondary N) is 2. The van der Waals surface area contributed by atoms with Crippen molar-refractivity contribution in [3.63, 3.8) is 0 Å². The van der Waals surface area contributed by atoms with Crippen LogP contribution in [0.5, 0.6) is 0 Å². The van der Waals surface area contributed by atoms with Crippen LogP contribution in [0.15, 0.2) is 60.8 Å². The van der Waals surface area contributed by atoms with Gasteiger partial charge in [-0.25, -0.2) is 9.37 Å². The molecule has 0 fully saturated rings. The van der Waals surface area contributed by atoms with Crippen molar-refractivity contribution in [3.8, 4) is 0 Å². The molecule has 1 aromatic heterocycles. The number of pyridine rings is 1. The largest absolute Gasteiger partial charge is 0.366 e. The van der Waals surface area contributed by atoms with Crippen LogP contribution in [-0.2, 0) is 6.54 Å². The zero-order chi connectivity index (χ0) is 18.5. The Morgan fingerprint density at radius 3 is 2.46 bits per heavy atom. The highest BCUT2D eigenvalue weighted by atomic mass is 35.5. The van der Waals surface area contributed by atoms with Crippen molar-refractivity contribution in [2.45, 2.75) is 6.54 Å². The van der Waals surface area contributed by atoms with E-state index in [4.69, 9.17) is 23.2 Å². The summed E-state index contributed by atoms with van der Waals surface area (Å²) in [6.45, 7) is 0.587. The van der Waals surface area contributed by atoms with Crippen molar-refractivity contribution < 1.29 is 9.18 Å². The predicted octanol–water partition coefficient (Wildman–Crippen LogP) is 5.39. The van der Waals surface area contributed by atoms with Crippen LogP contribution in [0.2, 0.25) is 10.0 Å². The van der Waals surface area contributed by atoms with Crippen LogP contribution in [0.1, 0.15) is 15.9 Å². The van der Waals surface area contributed by atoms with Crippen LogP contribution >= 0.6 is 23.2 Å². The van der Waals surface area contributed by atoms with Crippen LogP contribution in [0.25, 0.3) is 0 Å². The molecule has 0 radical (unpaired) electrons. The number of amides is 1. The Morgan fingerprint density at radius 1 is 1.04 bits per heavy atom. The molecule has 0 atom stereocenters. The standard InChI is InChI=1S/C19H14Cl2FN3O/c20-14-4-1-12(2-5-14)10-23-18-8-3-13(11-24-18)19(26)25-15-6-7-17(22)16(21)9-15/h1-9,11H,10H2,(H,23,24)(H,25,26). The van der Waals surface area contributed by atoms with Gasteiger partial charge in [0, 0.05) is 23.5 Å². The van der Waals surface area contributed by atoms with Gasteiger partial charge in [-0.05, 0) is 48.0 Å². The van der Waals surface area contributed by atoms with Gasteiger partial charge in [0.2, 0.25) is 0 Å². The summed E-state index contributed by atoms with van der Waals surface area (Å²) >= 11 is 11.6. The Balaban J connectivity index is 1.60. The van der Waals surface area contributed by atoms with Crippen LogP contribution in [0.4, 0.5) is 15.9 Å². The van der Waals surface area contributed by atoms with Crippen molar-refractivity contribution in [1.29, 1.82) is 0 Å². The van der Waals surface area contributed by atoms with E-state index in [1.807, 2.05) is 24.3 Å². The van der Waals surface area contributed by atoms with Gasteiger partial charge in [-0.2, -0.15) is 0 Å². The highest BCUT2D eigenvalue weighted by Gasteiger charge is 2.08. The predicted molar refractivity (Wildman–Crippen MR) is 102 cm³/mol. The molecule has 0 aliphatic heterocycles. The Morgan fingerprint density at radius 2 is 1.81 bits per heavy atom. The van der Waals surface area contributed by atoms with Crippen LogP contribution in [-0.4, -0.2) is 10.9 Å². The summed E-state index contributed by atoms with van der Waals surface area (Å²) in [5.41, 5.74) is 1.85. The van der Waals surface area contributed by atoms with Gasteiger partial charge in [0.25, 0.3) is 5.91 Å². The molecule has 132 valence electrons. The van der Waals surface area contributed by atoms with Gasteiger partial charge >= 0.3 is 0 Å². The minimum atomic E-state index is -0.539. The van der Waals surface area contributed by atoms with Crippen molar-refractivity contribution in [3.05, 3.63) is 87.8 Å². The average Bonchev–Trinajstić information content (AvgIpc) is 2.65. The topological polar surface area (TPSA) is 54.0 Å². The summed E-state index contributed by atoms with van der Waals surface area (Å²) in [5, 5.41) is 6.44. The first-order valence-electron chi connectivity index (χ1n) is 7.72. The van der Waals surface area contributed by atoms with E-state index in [0.717, 1.165) is 5.56 Å². The molecule has 1 heterocycles. The van der Waals surface area contributed by atoms with E-state index < -0.39 is 5.82 Å². The first-order chi connectivity index (χ1) is 12.5. The molecule has 26 heavy (non-hydrogen) atoms. The molecule has 1 amide bonds. The van der Waals surface area contributed by atoms with E-state index in [2.05, 4.69) is 15.6 Å². The lowest BCUT2D eigenvalue weighted by Gasteiger charge is -2.08. The molecule has 0 bridgehead atoms. The maximum atomic E-state index is 13.2. The van der Waals surface area contributed by atoms with Crippen molar-refractivity contribution >= 4 is 40.6 Å². The number of benzene rings is 2. The van der Waals surface area contributed by atoms with Gasteiger partial charge in [-0.1, -0.05) is 35.3 Å². The van der Waals surface area contributed by atoms with E-state index in [1.165, 1.54) is 24.4 Å². The third-order valence-corrected chi connectivity index (χ3v) is 4.13. The lowest BCUT2D eigenvalue weighted by atomic mass is 10.2. The quantitative estimate of drug-likeness (QED) is 0.614. The summed E-state index contributed by atoms with van der Waals surface area (Å²) in [7, 11) is 0. The molecule has 0 saturated carbocycles. The van der Waals surface area contributed by atoms with E-state index in [9.17, 15) is 9.18 Å². The Labute approximate surface area is 160 Å². The second-order valence-electron chi connectivity index (χ2n) is 5.50. The van der Waals surface area contributed by atoms with Crippen LogP contribution in [0, 0.1) is 5.82 Å². The zero-order valence-corrected chi connectivity index (χ0v) is 15.0. The van der Waals surface area contributed by atoms with Crippen LogP contribution in [0.3, 0.4) is 0 Å². The van der Waals surface area contributed by atoms with Gasteiger partial charge in [-0.15, -0.1) is 0 Å². The molecular weight excluding hydrogens is 376 g/mol. The van der Waals surface area contributed by atoms with Crippen LogP contribution < -0.4 is 10.6 Å². The van der Waals surface area contributed by atoms with Gasteiger partial charge in [0.1, 0.15) is 11.6 Å². The first-order valence-corrected chi connectivity index (χ1v) is 8.47. The third kappa shape index (κ3) is 4.71. The van der Waals surface area contributed by atoms with Gasteiger partial charge in [0.05, 0.1) is 10.6 Å². The molecule has 0 saturated heterocycles. The number of anilines is 2. The highest BCUT2D eigenvalue weighted by Crippen LogP contribution is 2.20. The summed E-state index contributed by atoms with van der Waals surface area (Å²) in [5.74, 6) is -0.256. The van der Waals surface area contributed by atoms with Gasteiger partial charge in [-0.3, -0.25) is 4.79 Å². The Bertz CT molecular complexity index is 915. The SMILES string of the molecule is O=C(Nc1ccc(F)c(Cl)c1)c1ccc(NCc2ccc(Cl)cc2)nc1. The molecule has 2 aromatic carbocycles. The molecule has 2 N–H and O–H groups in total. The number of carbonyl (C=O) groups is 1. The smallest absolute Gasteiger partial charge is 0.257 e. The number of hydrogen-bond acceptors (Lipinski definition) is 3. The third-order valence-electron chi connectivity index (χ3n) is 3.59. The number of nitrogens with zero attached hydrogens (tertiary/aromatic N) is 1. The van der Waals surface area contributed by atoms with Crippen molar-refractivity contribution in [1.82, 2.24) is 4.98 Å². The lowest BCUT2D eigenvalue weighted by Crippen LogP contribution is -2.12. The Kier molecular flexibility index (Phi) is 5.71. The van der Waals surface area contributed by atoms with E-state index in [-0.39, 0.29) is 10.9 Å². The lowest BCUT2D eigenvalue weighted by molar-refractivity contribution is 0.102. The number of rotatable bonds is 5. The second-order valence-corrected chi connectivity index (χ2v) is 6.34. The van der Waals surface area contributed by atoms with Crippen molar-refractivity contribution in [2.24, 2.45) is 0 Å². The highest BCUT2D eigenvalue weighted by molar-refractivity contribution is 6.31. The monoisotopic (exact) mass is 389 g/mol. The molecule has 3 rings (SSSR count). The van der Waals surface area contributed by atoms with Crippen molar-refractivity contribution in [2.75, 3.05) is 10.6 Å². The summed E-state index contributed by atoms with van der Waals surface area (Å²) in [6, 6.07) is 14.8. The van der Waals surface area contributed by atoms with E-state index in [1.54, 1.807) is 12.1 Å². The minimum Gasteiger partial charge on any atom is -0.366 e. The summed E-state index contributed by atoms with van der Waals surface area (Å²) in [4.78, 5) is 16.4. The normalized spacial score (nSPS) is 10.4. The molecule has 0 unspecified atom stereocenters. The fourth-order valence-electron chi connectivity index (χ4n) is 2.20. The zero-order valence-electron chi connectivity index (χ0n) is 13.5. The van der Waals surface area contributed by atoms with E-state index in [0.29, 0.717) is 28.6 Å². The molecule has 0 aliphatic rings. The molecular formula is C19H14Cl2FN3O. The summed E-state index contributed by atoms with van der Waals surface area (Å²) < 4.78 is 13.2. The maximum Gasteiger partial charge on any atom is 0.257 e. The number of aromatic nitrogens is 1. The molecule has 0 spiro atoms. The Hall–Kier alpha value is -2.63. The number of carbonyl (C=O) groups excluding carboxylic acids is 1. The van der Waals surface area contributed by atoms with Gasteiger partial charge < -0.3 is 10.6 Å². The number of hydrogen-bond donors (Lipinski definition) is 2. The number of halogens is 3. The molecule has 3 aromatic rings. The molecule has 4 nitrogen and oxygen atoms in total. The minimum absolute atomic E-state index is 0.0531. The first kappa shape index (κ1) is 18.2. The second kappa shape index (κ2) is 8.17. The molecule has 7 heteroatoms. The van der Waals surface area contributed by atoms with Gasteiger partial charge in [0.15, 0.2) is 0 Å². The summed E-state index contributed by atoms with van der Waals surface area (Å²) in [6.07, 6.45) is 1.46. The maximum absolute atomic E-state index is 13.2. The fourth-order valence-corrected chi connectivity index (χ4v) is 2.51. The molecule has 0 aliphatic carbocycles. The van der Waals surface area contributed by atoms with E-state index >= 15 is 0 Å².